The minimum absolute atomic E-state index is 0.400. The van der Waals surface area contributed by atoms with Crippen LogP contribution >= 0.6 is 0 Å². The van der Waals surface area contributed by atoms with Gasteiger partial charge in [-0.15, -0.1) is 6.58 Å². The van der Waals surface area contributed by atoms with Crippen molar-refractivity contribution < 1.29 is 0 Å². The summed E-state index contributed by atoms with van der Waals surface area (Å²) in [4.78, 5) is 0. The van der Waals surface area contributed by atoms with E-state index in [9.17, 15) is 0 Å². The number of nitrogens with one attached hydrogen (secondary N) is 1. The number of benzene rings is 1. The van der Waals surface area contributed by atoms with Gasteiger partial charge >= 0.3 is 0 Å². The van der Waals surface area contributed by atoms with Crippen LogP contribution in [0.1, 0.15) is 25.3 Å². The monoisotopic (exact) mass is 200 g/mol. The van der Waals surface area contributed by atoms with E-state index < -0.39 is 0 Å². The fraction of sp³-hybridized carbons (Fsp3) is 0.308. The molecule has 0 aliphatic heterocycles. The van der Waals surface area contributed by atoms with Gasteiger partial charge in [-0.25, -0.2) is 0 Å². The van der Waals surface area contributed by atoms with Gasteiger partial charge in [-0.1, -0.05) is 12.1 Å². The van der Waals surface area contributed by atoms with Gasteiger partial charge in [-0.05, 0) is 38.0 Å². The van der Waals surface area contributed by atoms with E-state index in [1.807, 2.05) is 24.3 Å². The molecule has 0 spiro atoms. The van der Waals surface area contributed by atoms with Gasteiger partial charge in [0.15, 0.2) is 0 Å². The molecule has 1 aromatic rings. The van der Waals surface area contributed by atoms with Crippen molar-refractivity contribution in [2.24, 2.45) is 0 Å². The van der Waals surface area contributed by atoms with Crippen LogP contribution in [0.15, 0.2) is 36.9 Å². The van der Waals surface area contributed by atoms with Crippen LogP contribution in [0.3, 0.4) is 0 Å². The number of nitrogens with zero attached hydrogens (tertiary/aromatic N) is 1. The Labute approximate surface area is 91.2 Å². The molecule has 2 heteroatoms. The normalized spacial score (nSPS) is 11.5. The van der Waals surface area contributed by atoms with Crippen LogP contribution in [0.2, 0.25) is 0 Å². The molecular weight excluding hydrogens is 184 g/mol. The molecule has 1 atom stereocenters. The number of nitriles is 1. The van der Waals surface area contributed by atoms with Crippen LogP contribution in [-0.4, -0.2) is 6.04 Å². The highest BCUT2D eigenvalue weighted by molar-refractivity contribution is 5.49. The fourth-order valence-electron chi connectivity index (χ4n) is 1.40. The summed E-state index contributed by atoms with van der Waals surface area (Å²) in [5.41, 5.74) is 1.70. The highest BCUT2D eigenvalue weighted by atomic mass is 14.9. The Balaban J connectivity index is 2.56. The molecule has 0 amide bonds. The molecule has 0 aliphatic rings. The second-order valence-electron chi connectivity index (χ2n) is 3.60. The van der Waals surface area contributed by atoms with E-state index in [1.165, 1.54) is 0 Å². The van der Waals surface area contributed by atoms with Gasteiger partial charge < -0.3 is 5.32 Å². The number of rotatable bonds is 5. The molecule has 0 aromatic heterocycles. The maximum absolute atomic E-state index is 8.75. The first-order valence-corrected chi connectivity index (χ1v) is 5.14. The first-order chi connectivity index (χ1) is 7.26. The lowest BCUT2D eigenvalue weighted by Gasteiger charge is -2.14. The van der Waals surface area contributed by atoms with Crippen molar-refractivity contribution in [1.29, 1.82) is 5.26 Å². The summed E-state index contributed by atoms with van der Waals surface area (Å²) in [6.07, 6.45) is 3.98. The van der Waals surface area contributed by atoms with Crippen molar-refractivity contribution in [2.75, 3.05) is 5.32 Å². The molecule has 15 heavy (non-hydrogen) atoms. The summed E-state index contributed by atoms with van der Waals surface area (Å²) in [5.74, 6) is 0. The number of allylic oxidation sites excluding steroid dienone is 1. The Morgan fingerprint density at radius 2 is 2.40 bits per heavy atom. The number of hydrogen-bond acceptors (Lipinski definition) is 2. The Morgan fingerprint density at radius 1 is 1.60 bits per heavy atom. The molecule has 0 radical (unpaired) electrons. The van der Waals surface area contributed by atoms with E-state index in [1.54, 1.807) is 6.07 Å². The maximum atomic E-state index is 8.75. The largest absolute Gasteiger partial charge is 0.383 e. The van der Waals surface area contributed by atoms with Crippen molar-refractivity contribution in [3.63, 3.8) is 0 Å². The summed E-state index contributed by atoms with van der Waals surface area (Å²) < 4.78 is 0. The van der Waals surface area contributed by atoms with E-state index in [0.717, 1.165) is 18.5 Å². The Bertz CT molecular complexity index is 363. The minimum atomic E-state index is 0.400. The average Bonchev–Trinajstić information content (AvgIpc) is 2.26. The Morgan fingerprint density at radius 3 is 3.07 bits per heavy atom. The summed E-state index contributed by atoms with van der Waals surface area (Å²) in [5, 5.41) is 12.1. The van der Waals surface area contributed by atoms with Crippen molar-refractivity contribution in [2.45, 2.75) is 25.8 Å². The van der Waals surface area contributed by atoms with Gasteiger partial charge in [0.1, 0.15) is 0 Å². The Hall–Kier alpha value is -1.75. The third-order valence-corrected chi connectivity index (χ3v) is 2.21. The molecule has 0 heterocycles. The summed E-state index contributed by atoms with van der Waals surface area (Å²) in [6.45, 7) is 5.82. The molecule has 1 rings (SSSR count). The standard InChI is InChI=1S/C13H16N2/c1-3-4-6-11(2)15-13-8-5-7-12(9-13)10-14/h3,5,7-9,11,15H,1,4,6H2,2H3/t11-/m0/s1. The maximum Gasteiger partial charge on any atom is 0.0992 e. The van der Waals surface area contributed by atoms with Crippen molar-refractivity contribution in [3.8, 4) is 6.07 Å². The van der Waals surface area contributed by atoms with Gasteiger partial charge in [0, 0.05) is 11.7 Å². The van der Waals surface area contributed by atoms with Crippen LogP contribution < -0.4 is 5.32 Å². The second kappa shape index (κ2) is 5.87. The molecule has 1 N–H and O–H groups in total. The fourth-order valence-corrected chi connectivity index (χ4v) is 1.40. The van der Waals surface area contributed by atoms with Crippen LogP contribution in [0, 0.1) is 11.3 Å². The van der Waals surface area contributed by atoms with Crippen molar-refractivity contribution in [3.05, 3.63) is 42.5 Å². The molecule has 78 valence electrons. The van der Waals surface area contributed by atoms with Gasteiger partial charge in [0.2, 0.25) is 0 Å². The highest BCUT2D eigenvalue weighted by Gasteiger charge is 2.00. The van der Waals surface area contributed by atoms with E-state index in [-0.39, 0.29) is 0 Å². The molecule has 0 bridgehead atoms. The third-order valence-electron chi connectivity index (χ3n) is 2.21. The van der Waals surface area contributed by atoms with Crippen LogP contribution in [-0.2, 0) is 0 Å². The van der Waals surface area contributed by atoms with Crippen LogP contribution in [0.5, 0.6) is 0 Å². The van der Waals surface area contributed by atoms with Crippen LogP contribution in [0.4, 0.5) is 5.69 Å². The molecule has 0 aliphatic carbocycles. The average molecular weight is 200 g/mol. The predicted octanol–water partition coefficient (Wildman–Crippen LogP) is 3.32. The van der Waals surface area contributed by atoms with Crippen LogP contribution in [0.25, 0.3) is 0 Å². The number of anilines is 1. The zero-order chi connectivity index (χ0) is 11.1. The molecule has 1 aromatic carbocycles. The molecule has 0 saturated heterocycles. The first kappa shape index (κ1) is 11.3. The summed E-state index contributed by atoms with van der Waals surface area (Å²) >= 11 is 0. The van der Waals surface area contributed by atoms with Crippen molar-refractivity contribution in [1.82, 2.24) is 0 Å². The SMILES string of the molecule is C=CCC[C@H](C)Nc1cccc(C#N)c1. The van der Waals surface area contributed by atoms with Gasteiger partial charge in [0.05, 0.1) is 11.6 Å². The predicted molar refractivity (Wildman–Crippen MR) is 63.7 cm³/mol. The topological polar surface area (TPSA) is 35.8 Å². The van der Waals surface area contributed by atoms with Gasteiger partial charge in [0.25, 0.3) is 0 Å². The van der Waals surface area contributed by atoms with E-state index >= 15 is 0 Å². The molecule has 0 unspecified atom stereocenters. The lowest BCUT2D eigenvalue weighted by molar-refractivity contribution is 0.719. The summed E-state index contributed by atoms with van der Waals surface area (Å²) in [6, 6.07) is 10.1. The lowest BCUT2D eigenvalue weighted by atomic mass is 10.1. The second-order valence-corrected chi connectivity index (χ2v) is 3.60. The molecule has 0 fully saturated rings. The third kappa shape index (κ3) is 3.86. The first-order valence-electron chi connectivity index (χ1n) is 5.14. The number of hydrogen-bond donors (Lipinski definition) is 1. The zero-order valence-corrected chi connectivity index (χ0v) is 9.03. The zero-order valence-electron chi connectivity index (χ0n) is 9.03. The van der Waals surface area contributed by atoms with Gasteiger partial charge in [-0.3, -0.25) is 0 Å². The summed E-state index contributed by atoms with van der Waals surface area (Å²) in [7, 11) is 0. The van der Waals surface area contributed by atoms with E-state index in [0.29, 0.717) is 11.6 Å². The lowest BCUT2D eigenvalue weighted by Crippen LogP contribution is -2.14. The molecular formula is C13H16N2. The van der Waals surface area contributed by atoms with E-state index in [2.05, 4.69) is 24.9 Å². The quantitative estimate of drug-likeness (QED) is 0.740. The van der Waals surface area contributed by atoms with Gasteiger partial charge in [-0.2, -0.15) is 5.26 Å². The Kier molecular flexibility index (Phi) is 4.43. The minimum Gasteiger partial charge on any atom is -0.383 e. The van der Waals surface area contributed by atoms with Crippen molar-refractivity contribution >= 4 is 5.69 Å². The smallest absolute Gasteiger partial charge is 0.0992 e. The van der Waals surface area contributed by atoms with E-state index in [4.69, 9.17) is 5.26 Å². The molecule has 2 nitrogen and oxygen atoms in total. The molecule has 0 saturated carbocycles. The highest BCUT2D eigenvalue weighted by Crippen LogP contribution is 2.12.